The van der Waals surface area contributed by atoms with Crippen LogP contribution in [0.5, 0.6) is 0 Å². The van der Waals surface area contributed by atoms with Gasteiger partial charge in [-0.25, -0.2) is 4.98 Å². The molecule has 22 heavy (non-hydrogen) atoms. The molecule has 0 aromatic carbocycles. The summed E-state index contributed by atoms with van der Waals surface area (Å²) in [5.74, 6) is -0.329. The summed E-state index contributed by atoms with van der Waals surface area (Å²) in [6.45, 7) is -0.0748. The minimum absolute atomic E-state index is 0.110. The average Bonchev–Trinajstić information content (AvgIpc) is 3.16. The molecule has 0 aliphatic rings. The maximum Gasteiger partial charge on any atom is 0.263 e. The van der Waals surface area contributed by atoms with Gasteiger partial charge in [0.05, 0.1) is 18.3 Å². The monoisotopic (exact) mass is 335 g/mol. The second kappa shape index (κ2) is 6.39. The first-order valence-corrected chi connectivity index (χ1v) is 8.34. The first kappa shape index (κ1) is 14.9. The summed E-state index contributed by atoms with van der Waals surface area (Å²) in [5.41, 5.74) is 0.631. The summed E-state index contributed by atoms with van der Waals surface area (Å²) in [4.78, 5) is 30.3. The molecule has 8 heteroatoms. The number of hydrogen-bond donors (Lipinski definition) is 2. The van der Waals surface area contributed by atoms with Crippen LogP contribution in [0.25, 0.3) is 20.7 Å². The average molecular weight is 335 g/mol. The summed E-state index contributed by atoms with van der Waals surface area (Å²) in [7, 11) is 0. The third-order valence-electron chi connectivity index (χ3n) is 3.10. The number of aromatic nitrogens is 2. The van der Waals surface area contributed by atoms with Crippen molar-refractivity contribution in [3.63, 3.8) is 0 Å². The van der Waals surface area contributed by atoms with Crippen LogP contribution in [0.15, 0.2) is 34.0 Å². The van der Waals surface area contributed by atoms with E-state index < -0.39 is 0 Å². The molecule has 0 atom stereocenters. The molecule has 0 aliphatic heterocycles. The Kier molecular flexibility index (Phi) is 4.32. The number of nitrogens with zero attached hydrogens (tertiary/aromatic N) is 2. The Balaban J connectivity index is 2.00. The minimum Gasteiger partial charge on any atom is -0.395 e. The number of nitrogens with one attached hydrogen (secondary N) is 1. The van der Waals surface area contributed by atoms with Gasteiger partial charge in [0.2, 0.25) is 5.91 Å². The lowest BCUT2D eigenvalue weighted by molar-refractivity contribution is -0.121. The van der Waals surface area contributed by atoms with Gasteiger partial charge in [-0.2, -0.15) is 0 Å². The van der Waals surface area contributed by atoms with Crippen molar-refractivity contribution in [1.29, 1.82) is 0 Å². The molecule has 1 amide bonds. The number of thiophene rings is 2. The molecule has 3 aromatic rings. The van der Waals surface area contributed by atoms with E-state index in [1.165, 1.54) is 22.2 Å². The van der Waals surface area contributed by atoms with Crippen molar-refractivity contribution in [3.05, 3.63) is 39.6 Å². The topological polar surface area (TPSA) is 84.2 Å². The van der Waals surface area contributed by atoms with Crippen molar-refractivity contribution < 1.29 is 9.90 Å². The predicted octanol–water partition coefficient (Wildman–Crippen LogP) is 1.30. The van der Waals surface area contributed by atoms with Crippen LogP contribution in [0, 0.1) is 0 Å². The number of carbonyl (C=O) groups excluding carboxylic acids is 1. The van der Waals surface area contributed by atoms with Crippen LogP contribution in [0.3, 0.4) is 0 Å². The van der Waals surface area contributed by atoms with E-state index >= 15 is 0 Å². The van der Waals surface area contributed by atoms with Gasteiger partial charge in [0.1, 0.15) is 11.4 Å². The molecule has 114 valence electrons. The molecule has 0 bridgehead atoms. The third-order valence-corrected chi connectivity index (χ3v) is 4.88. The van der Waals surface area contributed by atoms with Gasteiger partial charge >= 0.3 is 0 Å². The lowest BCUT2D eigenvalue weighted by Crippen LogP contribution is -2.33. The zero-order valence-electron chi connectivity index (χ0n) is 11.5. The second-order valence-corrected chi connectivity index (χ2v) is 6.36. The van der Waals surface area contributed by atoms with Crippen LogP contribution < -0.4 is 10.9 Å². The molecule has 0 radical (unpaired) electrons. The Labute approximate surface area is 133 Å². The second-order valence-electron chi connectivity index (χ2n) is 4.56. The van der Waals surface area contributed by atoms with Crippen molar-refractivity contribution >= 4 is 38.8 Å². The van der Waals surface area contributed by atoms with Gasteiger partial charge < -0.3 is 10.4 Å². The third kappa shape index (κ3) is 2.80. The molecular weight excluding hydrogens is 322 g/mol. The van der Waals surface area contributed by atoms with Gasteiger partial charge in [-0.15, -0.1) is 22.7 Å². The molecule has 3 heterocycles. The maximum absolute atomic E-state index is 12.6. The van der Waals surface area contributed by atoms with E-state index in [0.717, 1.165) is 10.4 Å². The predicted molar refractivity (Wildman–Crippen MR) is 87.3 cm³/mol. The Morgan fingerprint density at radius 1 is 1.41 bits per heavy atom. The zero-order chi connectivity index (χ0) is 15.5. The fraction of sp³-hybridized carbons (Fsp3) is 0.214. The van der Waals surface area contributed by atoms with Crippen molar-refractivity contribution in [2.24, 2.45) is 0 Å². The molecule has 0 saturated heterocycles. The van der Waals surface area contributed by atoms with Crippen LogP contribution >= 0.6 is 22.7 Å². The molecule has 0 aliphatic carbocycles. The zero-order valence-corrected chi connectivity index (χ0v) is 13.1. The summed E-state index contributed by atoms with van der Waals surface area (Å²) in [6.07, 6.45) is 1.39. The number of aliphatic hydroxyl groups is 1. The van der Waals surface area contributed by atoms with Crippen LogP contribution in [0.2, 0.25) is 0 Å². The van der Waals surface area contributed by atoms with Crippen LogP contribution in [-0.4, -0.2) is 33.7 Å². The highest BCUT2D eigenvalue weighted by Gasteiger charge is 2.14. The lowest BCUT2D eigenvalue weighted by atomic mass is 10.2. The van der Waals surface area contributed by atoms with Crippen molar-refractivity contribution in [2.75, 3.05) is 13.2 Å². The van der Waals surface area contributed by atoms with Crippen molar-refractivity contribution in [3.8, 4) is 10.4 Å². The first-order chi connectivity index (χ1) is 10.7. The fourth-order valence-corrected chi connectivity index (χ4v) is 3.82. The minimum atomic E-state index is -0.329. The van der Waals surface area contributed by atoms with Gasteiger partial charge in [-0.3, -0.25) is 14.2 Å². The van der Waals surface area contributed by atoms with E-state index in [1.54, 1.807) is 11.3 Å². The van der Waals surface area contributed by atoms with Crippen LogP contribution in [0.1, 0.15) is 0 Å². The van der Waals surface area contributed by atoms with E-state index in [2.05, 4.69) is 10.3 Å². The standard InChI is InChI=1S/C14H13N3O3S2/c18-4-3-15-11(19)6-17-8-16-13-12(14(17)20)9(7-22-13)10-2-1-5-21-10/h1-2,5,7-8,18H,3-4,6H2,(H,15,19). The highest BCUT2D eigenvalue weighted by Crippen LogP contribution is 2.33. The Hall–Kier alpha value is -2.03. The summed E-state index contributed by atoms with van der Waals surface area (Å²) in [6, 6.07) is 3.89. The SMILES string of the molecule is O=C(Cn1cnc2scc(-c3cccs3)c2c1=O)NCCO. The normalized spacial score (nSPS) is 11.0. The maximum atomic E-state index is 12.6. The number of amides is 1. The molecular formula is C14H13N3O3S2. The lowest BCUT2D eigenvalue weighted by Gasteiger charge is -2.06. The van der Waals surface area contributed by atoms with Crippen molar-refractivity contribution in [2.45, 2.75) is 6.54 Å². The smallest absolute Gasteiger partial charge is 0.263 e. The summed E-state index contributed by atoms with van der Waals surface area (Å²) >= 11 is 2.98. The van der Waals surface area contributed by atoms with E-state index in [-0.39, 0.29) is 31.2 Å². The fourth-order valence-electron chi connectivity index (χ4n) is 2.10. The van der Waals surface area contributed by atoms with E-state index in [1.807, 2.05) is 22.9 Å². The largest absolute Gasteiger partial charge is 0.395 e. The molecule has 2 N–H and O–H groups in total. The molecule has 6 nitrogen and oxygen atoms in total. The highest BCUT2D eigenvalue weighted by molar-refractivity contribution is 7.18. The first-order valence-electron chi connectivity index (χ1n) is 6.59. The van der Waals surface area contributed by atoms with Crippen LogP contribution in [0.4, 0.5) is 0 Å². The number of rotatable bonds is 5. The van der Waals surface area contributed by atoms with E-state index in [9.17, 15) is 9.59 Å². The Morgan fingerprint density at radius 3 is 3.00 bits per heavy atom. The van der Waals surface area contributed by atoms with Crippen molar-refractivity contribution in [1.82, 2.24) is 14.9 Å². The molecule has 0 fully saturated rings. The van der Waals surface area contributed by atoms with Gasteiger partial charge in [0, 0.05) is 22.4 Å². The molecule has 3 aromatic heterocycles. The van der Waals surface area contributed by atoms with E-state index in [4.69, 9.17) is 5.11 Å². The van der Waals surface area contributed by atoms with Gasteiger partial charge in [0.15, 0.2) is 0 Å². The summed E-state index contributed by atoms with van der Waals surface area (Å²) < 4.78 is 1.29. The molecule has 0 unspecified atom stereocenters. The molecule has 3 rings (SSSR count). The molecule has 0 spiro atoms. The van der Waals surface area contributed by atoms with Gasteiger partial charge in [-0.1, -0.05) is 6.07 Å². The molecule has 0 saturated carbocycles. The quantitative estimate of drug-likeness (QED) is 0.736. The number of aliphatic hydroxyl groups excluding tert-OH is 1. The Bertz CT molecular complexity index is 852. The highest BCUT2D eigenvalue weighted by atomic mass is 32.1. The van der Waals surface area contributed by atoms with E-state index in [0.29, 0.717) is 10.2 Å². The number of fused-ring (bicyclic) bond motifs is 1. The Morgan fingerprint density at radius 2 is 2.27 bits per heavy atom. The number of hydrogen-bond acceptors (Lipinski definition) is 6. The van der Waals surface area contributed by atoms with Gasteiger partial charge in [-0.05, 0) is 11.4 Å². The van der Waals surface area contributed by atoms with Crippen LogP contribution in [-0.2, 0) is 11.3 Å². The number of carbonyl (C=O) groups is 1. The van der Waals surface area contributed by atoms with Gasteiger partial charge in [0.25, 0.3) is 5.56 Å². The summed E-state index contributed by atoms with van der Waals surface area (Å²) in [5, 5.41) is 15.6.